The number of alkyl halides is 2. The third-order valence-corrected chi connectivity index (χ3v) is 3.46. The first-order valence-electron chi connectivity index (χ1n) is 7.73. The van der Waals surface area contributed by atoms with E-state index in [1.807, 2.05) is 0 Å². The van der Waals surface area contributed by atoms with E-state index in [0.29, 0.717) is 28.9 Å². The molecule has 0 spiro atoms. The molecular weight excluding hydrogens is 362 g/mol. The summed E-state index contributed by atoms with van der Waals surface area (Å²) in [5.74, 6) is 1.15. The zero-order valence-corrected chi connectivity index (χ0v) is 14.1. The summed E-state index contributed by atoms with van der Waals surface area (Å²) >= 11 is 0. The number of hydrogen-bond donors (Lipinski definition) is 0. The topological polar surface area (TPSA) is 83.7 Å². The van der Waals surface area contributed by atoms with Gasteiger partial charge in [-0.15, -0.1) is 0 Å². The number of ether oxygens (including phenoxy) is 3. The number of hydrogen-bond acceptors (Lipinski definition) is 7. The second-order valence-corrected chi connectivity index (χ2v) is 5.23. The van der Waals surface area contributed by atoms with Gasteiger partial charge < -0.3 is 18.7 Å². The smallest absolute Gasteiger partial charge is 0.387 e. The van der Waals surface area contributed by atoms with Gasteiger partial charge in [-0.3, -0.25) is 4.79 Å². The van der Waals surface area contributed by atoms with Gasteiger partial charge in [0.25, 0.3) is 5.89 Å². The van der Waals surface area contributed by atoms with Crippen molar-refractivity contribution in [2.24, 2.45) is 0 Å². The molecule has 0 aliphatic heterocycles. The lowest BCUT2D eigenvalue weighted by molar-refractivity contribution is -0.0498. The molecule has 3 aromatic rings. The van der Waals surface area contributed by atoms with Crippen molar-refractivity contribution in [3.63, 3.8) is 0 Å². The highest BCUT2D eigenvalue weighted by Crippen LogP contribution is 2.28. The van der Waals surface area contributed by atoms with Gasteiger partial charge in [0, 0.05) is 11.1 Å². The van der Waals surface area contributed by atoms with Crippen LogP contribution >= 0.6 is 0 Å². The van der Waals surface area contributed by atoms with Crippen molar-refractivity contribution in [2.75, 3.05) is 7.11 Å². The predicted octanol–water partition coefficient (Wildman–Crippen LogP) is 3.74. The van der Waals surface area contributed by atoms with Crippen LogP contribution in [0.5, 0.6) is 17.2 Å². The Bertz CT molecular complexity index is 930. The zero-order chi connectivity index (χ0) is 19.2. The molecule has 0 aliphatic rings. The van der Waals surface area contributed by atoms with Crippen molar-refractivity contribution < 1.29 is 32.3 Å². The van der Waals surface area contributed by atoms with Crippen LogP contribution in [-0.4, -0.2) is 30.1 Å². The standard InChI is InChI=1S/C18H14F2N2O5/c1-24-15-7-11(9-23)5-6-14(15)25-10-16-21-17(22-27-16)12-3-2-4-13(8-12)26-18(19)20/h2-9,18H,10H2,1H3. The quantitative estimate of drug-likeness (QED) is 0.554. The molecule has 0 radical (unpaired) electrons. The van der Waals surface area contributed by atoms with E-state index in [0.717, 1.165) is 0 Å². The van der Waals surface area contributed by atoms with Gasteiger partial charge >= 0.3 is 6.61 Å². The first kappa shape index (κ1) is 18.3. The summed E-state index contributed by atoms with van der Waals surface area (Å²) in [4.78, 5) is 15.0. The molecule has 0 bridgehead atoms. The largest absolute Gasteiger partial charge is 0.493 e. The van der Waals surface area contributed by atoms with Gasteiger partial charge in [0.05, 0.1) is 7.11 Å². The SMILES string of the molecule is COc1cc(C=O)ccc1OCc1nc(-c2cccc(OC(F)F)c2)no1. The highest BCUT2D eigenvalue weighted by Gasteiger charge is 2.13. The minimum atomic E-state index is -2.92. The molecule has 0 amide bonds. The molecule has 9 heteroatoms. The van der Waals surface area contributed by atoms with Crippen LogP contribution in [0.3, 0.4) is 0 Å². The number of carbonyl (C=O) groups excluding carboxylic acids is 1. The second-order valence-electron chi connectivity index (χ2n) is 5.23. The van der Waals surface area contributed by atoms with Crippen LogP contribution in [-0.2, 0) is 6.61 Å². The number of carbonyl (C=O) groups is 1. The Balaban J connectivity index is 1.71. The van der Waals surface area contributed by atoms with E-state index in [1.54, 1.807) is 24.3 Å². The van der Waals surface area contributed by atoms with Crippen LogP contribution in [0.2, 0.25) is 0 Å². The lowest BCUT2D eigenvalue weighted by Gasteiger charge is -2.09. The molecule has 0 atom stereocenters. The number of methoxy groups -OCH3 is 1. The molecule has 0 saturated carbocycles. The molecule has 27 heavy (non-hydrogen) atoms. The summed E-state index contributed by atoms with van der Waals surface area (Å²) in [5.41, 5.74) is 0.904. The highest BCUT2D eigenvalue weighted by molar-refractivity contribution is 5.76. The van der Waals surface area contributed by atoms with Crippen LogP contribution in [0.25, 0.3) is 11.4 Å². The maximum atomic E-state index is 12.3. The molecular formula is C18H14F2N2O5. The fourth-order valence-corrected chi connectivity index (χ4v) is 2.26. The molecule has 0 N–H and O–H groups in total. The van der Waals surface area contributed by atoms with Crippen molar-refractivity contribution >= 4 is 6.29 Å². The van der Waals surface area contributed by atoms with Crippen molar-refractivity contribution in [1.29, 1.82) is 0 Å². The number of nitrogens with zero attached hydrogens (tertiary/aromatic N) is 2. The third-order valence-electron chi connectivity index (χ3n) is 3.46. The van der Waals surface area contributed by atoms with Gasteiger partial charge in [-0.05, 0) is 30.3 Å². The molecule has 1 aromatic heterocycles. The maximum Gasteiger partial charge on any atom is 0.387 e. The second kappa shape index (κ2) is 8.26. The van der Waals surface area contributed by atoms with Crippen LogP contribution in [0.15, 0.2) is 47.0 Å². The molecule has 1 heterocycles. The normalized spacial score (nSPS) is 10.7. The molecule has 3 rings (SSSR count). The Morgan fingerprint density at radius 1 is 1.19 bits per heavy atom. The monoisotopic (exact) mass is 376 g/mol. The van der Waals surface area contributed by atoms with E-state index in [1.165, 1.54) is 25.3 Å². The lowest BCUT2D eigenvalue weighted by atomic mass is 10.2. The van der Waals surface area contributed by atoms with E-state index < -0.39 is 6.61 Å². The van der Waals surface area contributed by atoms with Gasteiger partial charge in [0.1, 0.15) is 12.0 Å². The number of benzene rings is 2. The average Bonchev–Trinajstić information content (AvgIpc) is 3.15. The van der Waals surface area contributed by atoms with Crippen LogP contribution < -0.4 is 14.2 Å². The Hall–Kier alpha value is -3.49. The fourth-order valence-electron chi connectivity index (χ4n) is 2.26. The third kappa shape index (κ3) is 4.57. The number of rotatable bonds is 8. The molecule has 0 unspecified atom stereocenters. The summed E-state index contributed by atoms with van der Waals surface area (Å²) in [6.45, 7) is -2.97. The fraction of sp³-hybridized carbons (Fsp3) is 0.167. The van der Waals surface area contributed by atoms with Crippen molar-refractivity contribution in [3.05, 3.63) is 53.9 Å². The molecule has 0 saturated heterocycles. The summed E-state index contributed by atoms with van der Waals surface area (Å²) < 4.78 is 44.8. The lowest BCUT2D eigenvalue weighted by Crippen LogP contribution is -2.01. The van der Waals surface area contributed by atoms with E-state index in [9.17, 15) is 13.6 Å². The van der Waals surface area contributed by atoms with Gasteiger partial charge in [0.2, 0.25) is 5.82 Å². The Morgan fingerprint density at radius 3 is 2.78 bits per heavy atom. The highest BCUT2D eigenvalue weighted by atomic mass is 19.3. The number of aldehydes is 1. The van der Waals surface area contributed by atoms with Crippen molar-refractivity contribution in [3.8, 4) is 28.6 Å². The number of halogens is 2. The molecule has 2 aromatic carbocycles. The summed E-state index contributed by atoms with van der Waals surface area (Å²) in [7, 11) is 1.45. The van der Waals surface area contributed by atoms with Gasteiger partial charge in [-0.2, -0.15) is 13.8 Å². The Morgan fingerprint density at radius 2 is 2.04 bits per heavy atom. The van der Waals surface area contributed by atoms with Crippen LogP contribution in [0.4, 0.5) is 8.78 Å². The molecule has 140 valence electrons. The maximum absolute atomic E-state index is 12.3. The van der Waals surface area contributed by atoms with Crippen molar-refractivity contribution in [1.82, 2.24) is 10.1 Å². The first-order chi connectivity index (χ1) is 13.1. The molecule has 0 fully saturated rings. The minimum Gasteiger partial charge on any atom is -0.493 e. The predicted molar refractivity (Wildman–Crippen MR) is 89.1 cm³/mol. The summed E-state index contributed by atoms with van der Waals surface area (Å²) in [6, 6.07) is 10.7. The van der Waals surface area contributed by atoms with E-state index >= 15 is 0 Å². The van der Waals surface area contributed by atoms with E-state index in [-0.39, 0.29) is 24.1 Å². The van der Waals surface area contributed by atoms with Gasteiger partial charge in [-0.1, -0.05) is 17.3 Å². The van der Waals surface area contributed by atoms with Crippen LogP contribution in [0, 0.1) is 0 Å². The Kier molecular flexibility index (Phi) is 5.60. The average molecular weight is 376 g/mol. The molecule has 7 nitrogen and oxygen atoms in total. The summed E-state index contributed by atoms with van der Waals surface area (Å²) in [5, 5.41) is 3.80. The first-order valence-corrected chi connectivity index (χ1v) is 7.73. The van der Waals surface area contributed by atoms with Crippen molar-refractivity contribution in [2.45, 2.75) is 13.2 Å². The van der Waals surface area contributed by atoms with Crippen LogP contribution in [0.1, 0.15) is 16.2 Å². The van der Waals surface area contributed by atoms with E-state index in [2.05, 4.69) is 14.9 Å². The number of aromatic nitrogens is 2. The Labute approximate surface area is 152 Å². The molecule has 0 aliphatic carbocycles. The van der Waals surface area contributed by atoms with E-state index in [4.69, 9.17) is 14.0 Å². The minimum absolute atomic E-state index is 0.00916. The summed E-state index contributed by atoms with van der Waals surface area (Å²) in [6.07, 6.45) is 0.697. The zero-order valence-electron chi connectivity index (χ0n) is 14.1. The van der Waals surface area contributed by atoms with Gasteiger partial charge in [-0.25, -0.2) is 0 Å². The van der Waals surface area contributed by atoms with Gasteiger partial charge in [0.15, 0.2) is 18.1 Å².